The first-order valence-electron chi connectivity index (χ1n) is 7.96. The quantitative estimate of drug-likeness (QED) is 0.429. The van der Waals surface area contributed by atoms with E-state index in [1.165, 1.54) is 32.6 Å². The Labute approximate surface area is 145 Å². The monoisotopic (exact) mass is 354 g/mol. The number of rotatable bonds is 4. The van der Waals surface area contributed by atoms with Crippen molar-refractivity contribution in [3.8, 4) is 0 Å². The number of hydrogen-bond acceptors (Lipinski definition) is 9. The van der Waals surface area contributed by atoms with Gasteiger partial charge < -0.3 is 0 Å². The standard InChI is InChI=1S/C14H14N10O2/c1-3-22-13(25)9-4-12-10(5-11(9)17-20-22)14(26)24(21-18-12)8(2)6-23-16-7-15-19-23/h4-5,7-8H,3,6H2,1-2H3/t8-/m1/s1. The fourth-order valence-electron chi connectivity index (χ4n) is 2.71. The lowest BCUT2D eigenvalue weighted by molar-refractivity contribution is 0.354. The molecule has 0 saturated carbocycles. The maximum absolute atomic E-state index is 12.8. The zero-order valence-electron chi connectivity index (χ0n) is 14.0. The molecule has 0 aliphatic rings. The van der Waals surface area contributed by atoms with Gasteiger partial charge in [-0.25, -0.2) is 9.36 Å². The lowest BCUT2D eigenvalue weighted by Crippen LogP contribution is -2.30. The molecule has 12 nitrogen and oxygen atoms in total. The highest BCUT2D eigenvalue weighted by atomic mass is 16.1. The van der Waals surface area contributed by atoms with Gasteiger partial charge >= 0.3 is 0 Å². The van der Waals surface area contributed by atoms with Crippen molar-refractivity contribution in [3.63, 3.8) is 0 Å². The van der Waals surface area contributed by atoms with E-state index in [0.717, 1.165) is 0 Å². The topological polar surface area (TPSA) is 139 Å². The van der Waals surface area contributed by atoms with Crippen molar-refractivity contribution in [2.24, 2.45) is 0 Å². The second kappa shape index (κ2) is 6.06. The Kier molecular flexibility index (Phi) is 3.71. The summed E-state index contributed by atoms with van der Waals surface area (Å²) >= 11 is 0. The van der Waals surface area contributed by atoms with Gasteiger partial charge in [-0.15, -0.1) is 20.4 Å². The predicted molar refractivity (Wildman–Crippen MR) is 89.4 cm³/mol. The Morgan fingerprint density at radius 2 is 1.69 bits per heavy atom. The lowest BCUT2D eigenvalue weighted by Gasteiger charge is -2.12. The average molecular weight is 354 g/mol. The maximum Gasteiger partial charge on any atom is 0.277 e. The minimum Gasteiger partial charge on any atom is -0.267 e. The second-order valence-electron chi connectivity index (χ2n) is 5.78. The largest absolute Gasteiger partial charge is 0.277 e. The van der Waals surface area contributed by atoms with Crippen LogP contribution in [0.25, 0.3) is 21.8 Å². The molecule has 0 saturated heterocycles. The minimum absolute atomic E-state index is 0.281. The van der Waals surface area contributed by atoms with Crippen LogP contribution in [0.4, 0.5) is 0 Å². The number of aromatic nitrogens is 10. The van der Waals surface area contributed by atoms with E-state index in [0.29, 0.717) is 34.9 Å². The maximum atomic E-state index is 12.8. The number of nitrogens with zero attached hydrogens (tertiary/aromatic N) is 10. The van der Waals surface area contributed by atoms with Gasteiger partial charge in [0.25, 0.3) is 11.1 Å². The predicted octanol–water partition coefficient (Wildman–Crippen LogP) is -0.836. The highest BCUT2D eigenvalue weighted by Gasteiger charge is 2.15. The van der Waals surface area contributed by atoms with E-state index in [1.807, 2.05) is 0 Å². The van der Waals surface area contributed by atoms with Crippen LogP contribution in [0.3, 0.4) is 0 Å². The van der Waals surface area contributed by atoms with Gasteiger partial charge in [0.15, 0.2) is 6.33 Å². The van der Waals surface area contributed by atoms with Gasteiger partial charge in [-0.1, -0.05) is 10.4 Å². The third-order valence-electron chi connectivity index (χ3n) is 4.06. The summed E-state index contributed by atoms with van der Waals surface area (Å²) in [5, 5.41) is 27.9. The first-order valence-corrected chi connectivity index (χ1v) is 7.96. The molecule has 1 atom stereocenters. The van der Waals surface area contributed by atoms with E-state index in [9.17, 15) is 9.59 Å². The molecule has 0 bridgehead atoms. The molecule has 3 heterocycles. The second-order valence-corrected chi connectivity index (χ2v) is 5.78. The fourth-order valence-corrected chi connectivity index (χ4v) is 2.71. The van der Waals surface area contributed by atoms with Crippen molar-refractivity contribution in [2.75, 3.05) is 0 Å². The van der Waals surface area contributed by atoms with Crippen LogP contribution in [0, 0.1) is 0 Å². The van der Waals surface area contributed by atoms with E-state index in [4.69, 9.17) is 0 Å². The van der Waals surface area contributed by atoms with E-state index in [1.54, 1.807) is 13.8 Å². The molecule has 0 amide bonds. The molecule has 0 spiro atoms. The van der Waals surface area contributed by atoms with Gasteiger partial charge in [0.05, 0.1) is 23.4 Å². The van der Waals surface area contributed by atoms with Crippen molar-refractivity contribution >= 4 is 21.8 Å². The van der Waals surface area contributed by atoms with Crippen molar-refractivity contribution in [1.29, 1.82) is 0 Å². The molecule has 12 heteroatoms. The van der Waals surface area contributed by atoms with Crippen LogP contribution >= 0.6 is 0 Å². The van der Waals surface area contributed by atoms with Gasteiger partial charge in [-0.05, 0) is 31.2 Å². The molecule has 26 heavy (non-hydrogen) atoms. The highest BCUT2D eigenvalue weighted by Crippen LogP contribution is 2.14. The summed E-state index contributed by atoms with van der Waals surface area (Å²) in [6.07, 6.45) is 1.31. The third-order valence-corrected chi connectivity index (χ3v) is 4.06. The van der Waals surface area contributed by atoms with E-state index < -0.39 is 0 Å². The Hall–Kier alpha value is -3.57. The normalized spacial score (nSPS) is 12.7. The van der Waals surface area contributed by atoms with E-state index >= 15 is 0 Å². The molecule has 0 aliphatic heterocycles. The molecule has 0 aliphatic carbocycles. The fraction of sp³-hybridized carbons (Fsp3) is 0.357. The Bertz CT molecular complexity index is 1210. The molecule has 132 valence electrons. The van der Waals surface area contributed by atoms with Crippen LogP contribution in [0.5, 0.6) is 0 Å². The molecule has 3 aromatic heterocycles. The number of benzene rings is 1. The molecular formula is C14H14N10O2. The van der Waals surface area contributed by atoms with Gasteiger partial charge in [0, 0.05) is 6.54 Å². The Morgan fingerprint density at radius 3 is 2.35 bits per heavy atom. The number of fused-ring (bicyclic) bond motifs is 2. The molecule has 1 aromatic carbocycles. The first kappa shape index (κ1) is 15.9. The average Bonchev–Trinajstić information content (AvgIpc) is 3.14. The first-order chi connectivity index (χ1) is 12.6. The molecule has 0 radical (unpaired) electrons. The van der Waals surface area contributed by atoms with Crippen LogP contribution in [0.2, 0.25) is 0 Å². The number of aryl methyl sites for hydroxylation is 1. The summed E-state index contributed by atoms with van der Waals surface area (Å²) in [5.74, 6) is 0. The number of hydrogen-bond donors (Lipinski definition) is 0. The van der Waals surface area contributed by atoms with Crippen LogP contribution in [0.15, 0.2) is 28.0 Å². The zero-order chi connectivity index (χ0) is 18.3. The summed E-state index contributed by atoms with van der Waals surface area (Å²) in [6.45, 7) is 4.31. The van der Waals surface area contributed by atoms with Crippen molar-refractivity contribution < 1.29 is 0 Å². The van der Waals surface area contributed by atoms with E-state index in [2.05, 4.69) is 36.0 Å². The molecule has 0 fully saturated rings. The summed E-state index contributed by atoms with van der Waals surface area (Å²) in [5.41, 5.74) is 0.0500. The van der Waals surface area contributed by atoms with Crippen molar-refractivity contribution in [2.45, 2.75) is 33.0 Å². The van der Waals surface area contributed by atoms with Crippen molar-refractivity contribution in [3.05, 3.63) is 39.2 Å². The Balaban J connectivity index is 1.86. The summed E-state index contributed by atoms with van der Waals surface area (Å²) < 4.78 is 2.49. The Morgan fingerprint density at radius 1 is 1.00 bits per heavy atom. The summed E-state index contributed by atoms with van der Waals surface area (Å²) in [4.78, 5) is 26.5. The van der Waals surface area contributed by atoms with Crippen LogP contribution < -0.4 is 11.1 Å². The zero-order valence-corrected chi connectivity index (χ0v) is 14.0. The lowest BCUT2D eigenvalue weighted by atomic mass is 10.2. The summed E-state index contributed by atoms with van der Waals surface area (Å²) in [6, 6.07) is 2.70. The van der Waals surface area contributed by atoms with Gasteiger partial charge in [0.1, 0.15) is 11.0 Å². The summed E-state index contributed by atoms with van der Waals surface area (Å²) in [7, 11) is 0. The number of tetrazole rings is 1. The minimum atomic E-state index is -0.344. The van der Waals surface area contributed by atoms with Crippen molar-refractivity contribution in [1.82, 2.24) is 50.2 Å². The molecule has 0 unspecified atom stereocenters. The molecular weight excluding hydrogens is 340 g/mol. The SMILES string of the molecule is CCn1nnc2cc3c(=O)n([C@H](C)Cn4ncnn4)nnc3cc2c1=O. The smallest absolute Gasteiger partial charge is 0.267 e. The van der Waals surface area contributed by atoms with Gasteiger partial charge in [-0.2, -0.15) is 4.80 Å². The highest BCUT2D eigenvalue weighted by molar-refractivity contribution is 5.93. The molecule has 4 aromatic rings. The van der Waals surface area contributed by atoms with Crippen LogP contribution in [-0.2, 0) is 13.1 Å². The third kappa shape index (κ3) is 2.51. The van der Waals surface area contributed by atoms with Gasteiger partial charge in [0.2, 0.25) is 0 Å². The van der Waals surface area contributed by atoms with Crippen LogP contribution in [0.1, 0.15) is 19.9 Å². The molecule has 0 N–H and O–H groups in total. The van der Waals surface area contributed by atoms with Gasteiger partial charge in [-0.3, -0.25) is 9.59 Å². The van der Waals surface area contributed by atoms with E-state index in [-0.39, 0.29) is 17.2 Å². The van der Waals surface area contributed by atoms with Crippen LogP contribution in [-0.4, -0.2) is 50.2 Å². The molecule has 4 rings (SSSR count).